The number of nitrogens with one attached hydrogen (secondary N) is 1. The highest BCUT2D eigenvalue weighted by Gasteiger charge is 2.41. The molecule has 0 radical (unpaired) electrons. The van der Waals surface area contributed by atoms with E-state index in [1.807, 2.05) is 0 Å². The van der Waals surface area contributed by atoms with Gasteiger partial charge in [-0.1, -0.05) is 6.07 Å². The van der Waals surface area contributed by atoms with Gasteiger partial charge in [0.2, 0.25) is 11.8 Å². The van der Waals surface area contributed by atoms with E-state index in [0.717, 1.165) is 16.7 Å². The predicted molar refractivity (Wildman–Crippen MR) is 98.6 cm³/mol. The van der Waals surface area contributed by atoms with Crippen LogP contribution in [0.3, 0.4) is 0 Å². The van der Waals surface area contributed by atoms with Crippen molar-refractivity contribution in [3.63, 3.8) is 0 Å². The van der Waals surface area contributed by atoms with Crippen LogP contribution in [-0.2, 0) is 9.59 Å². The van der Waals surface area contributed by atoms with Crippen molar-refractivity contribution < 1.29 is 24.2 Å². The molecule has 0 saturated carbocycles. The molecule has 1 unspecified atom stereocenters. The molecule has 3 rings (SSSR count). The first kappa shape index (κ1) is 17.8. The van der Waals surface area contributed by atoms with Crippen molar-refractivity contribution in [3.05, 3.63) is 48.5 Å². The zero-order valence-electron chi connectivity index (χ0n) is 13.8. The summed E-state index contributed by atoms with van der Waals surface area (Å²) >= 11 is 0.827. The van der Waals surface area contributed by atoms with Gasteiger partial charge in [-0.05, 0) is 48.2 Å². The summed E-state index contributed by atoms with van der Waals surface area (Å²) in [5.74, 6) is -0.207. The molecule has 1 aliphatic rings. The highest BCUT2D eigenvalue weighted by atomic mass is 32.2. The lowest BCUT2D eigenvalue weighted by Gasteiger charge is -2.14. The zero-order chi connectivity index (χ0) is 18.7. The lowest BCUT2D eigenvalue weighted by molar-refractivity contribution is -0.121. The number of methoxy groups -OCH3 is 1. The molecule has 2 aromatic carbocycles. The SMILES string of the molecule is COc1cccc(N2C(=O)SC(CC(=O)Nc3ccc(O)cc3)C2=O)c1. The summed E-state index contributed by atoms with van der Waals surface area (Å²) in [6.45, 7) is 0. The van der Waals surface area contributed by atoms with Crippen molar-refractivity contribution in [1.29, 1.82) is 0 Å². The molecule has 3 amide bonds. The number of phenols is 1. The van der Waals surface area contributed by atoms with Crippen LogP contribution in [0.5, 0.6) is 11.5 Å². The number of hydrogen-bond acceptors (Lipinski definition) is 6. The molecule has 1 saturated heterocycles. The number of ether oxygens (including phenoxy) is 1. The van der Waals surface area contributed by atoms with Crippen molar-refractivity contribution >= 4 is 40.2 Å². The van der Waals surface area contributed by atoms with Crippen LogP contribution in [0.2, 0.25) is 0 Å². The van der Waals surface area contributed by atoms with Crippen LogP contribution in [0.4, 0.5) is 16.2 Å². The minimum atomic E-state index is -0.786. The summed E-state index contributed by atoms with van der Waals surface area (Å²) in [7, 11) is 1.50. The Hall–Kier alpha value is -3.00. The van der Waals surface area contributed by atoms with Crippen LogP contribution >= 0.6 is 11.8 Å². The van der Waals surface area contributed by atoms with Gasteiger partial charge in [-0.2, -0.15) is 0 Å². The van der Waals surface area contributed by atoms with E-state index >= 15 is 0 Å². The average molecular weight is 372 g/mol. The average Bonchev–Trinajstić information content (AvgIpc) is 2.90. The van der Waals surface area contributed by atoms with Gasteiger partial charge in [0.15, 0.2) is 0 Å². The van der Waals surface area contributed by atoms with E-state index in [1.54, 1.807) is 36.4 Å². The third kappa shape index (κ3) is 3.80. The van der Waals surface area contributed by atoms with E-state index in [0.29, 0.717) is 17.1 Å². The van der Waals surface area contributed by atoms with Crippen molar-refractivity contribution in [1.82, 2.24) is 0 Å². The number of thioether (sulfide) groups is 1. The minimum absolute atomic E-state index is 0.0871. The molecule has 0 aromatic heterocycles. The summed E-state index contributed by atoms with van der Waals surface area (Å²) in [5.41, 5.74) is 0.910. The van der Waals surface area contributed by atoms with Gasteiger partial charge >= 0.3 is 0 Å². The third-order valence-corrected chi connectivity index (χ3v) is 4.79. The third-order valence-electron chi connectivity index (χ3n) is 3.75. The van der Waals surface area contributed by atoms with E-state index in [2.05, 4.69) is 5.32 Å². The number of imide groups is 1. The largest absolute Gasteiger partial charge is 0.508 e. The van der Waals surface area contributed by atoms with E-state index in [4.69, 9.17) is 4.74 Å². The van der Waals surface area contributed by atoms with Crippen LogP contribution in [0.25, 0.3) is 0 Å². The summed E-state index contributed by atoms with van der Waals surface area (Å²) in [6, 6.07) is 12.6. The molecule has 0 spiro atoms. The Morgan fingerprint density at radius 1 is 1.23 bits per heavy atom. The topological polar surface area (TPSA) is 95.9 Å². The van der Waals surface area contributed by atoms with Crippen molar-refractivity contribution in [2.75, 3.05) is 17.3 Å². The second-order valence-electron chi connectivity index (χ2n) is 5.55. The Balaban J connectivity index is 1.68. The number of carbonyl (C=O) groups excluding carboxylic acids is 3. The fourth-order valence-corrected chi connectivity index (χ4v) is 3.48. The minimum Gasteiger partial charge on any atom is -0.508 e. The van der Waals surface area contributed by atoms with Gasteiger partial charge in [-0.25, -0.2) is 4.90 Å². The molecule has 7 nitrogen and oxygen atoms in total. The molecule has 8 heteroatoms. The Kier molecular flexibility index (Phi) is 5.13. The summed E-state index contributed by atoms with van der Waals surface area (Å²) in [4.78, 5) is 38.0. The van der Waals surface area contributed by atoms with Crippen molar-refractivity contribution in [2.24, 2.45) is 0 Å². The second kappa shape index (κ2) is 7.49. The first-order valence-corrected chi connectivity index (χ1v) is 8.63. The normalized spacial score (nSPS) is 16.7. The highest BCUT2D eigenvalue weighted by molar-refractivity contribution is 8.15. The second-order valence-corrected chi connectivity index (χ2v) is 6.70. The molecule has 26 heavy (non-hydrogen) atoms. The van der Waals surface area contributed by atoms with Gasteiger partial charge in [-0.3, -0.25) is 14.4 Å². The monoisotopic (exact) mass is 372 g/mol. The molecule has 1 atom stereocenters. The Bertz CT molecular complexity index is 853. The maximum absolute atomic E-state index is 12.6. The van der Waals surface area contributed by atoms with Gasteiger partial charge < -0.3 is 15.2 Å². The van der Waals surface area contributed by atoms with E-state index in [-0.39, 0.29) is 18.1 Å². The zero-order valence-corrected chi connectivity index (χ0v) is 14.7. The molecular formula is C18H16N2O5S. The van der Waals surface area contributed by atoms with Gasteiger partial charge in [-0.15, -0.1) is 0 Å². The van der Waals surface area contributed by atoms with Gasteiger partial charge in [0.25, 0.3) is 5.24 Å². The number of rotatable bonds is 5. The number of amides is 3. The first-order valence-electron chi connectivity index (χ1n) is 7.75. The first-order chi connectivity index (χ1) is 12.5. The molecule has 0 bridgehead atoms. The molecule has 2 aromatic rings. The summed E-state index contributed by atoms with van der Waals surface area (Å²) in [5, 5.41) is 10.7. The number of hydrogen-bond donors (Lipinski definition) is 2. The summed E-state index contributed by atoms with van der Waals surface area (Å²) < 4.78 is 5.11. The predicted octanol–water partition coefficient (Wildman–Crippen LogP) is 3.00. The van der Waals surface area contributed by atoms with E-state index in [9.17, 15) is 19.5 Å². The van der Waals surface area contributed by atoms with Gasteiger partial charge in [0.1, 0.15) is 16.7 Å². The van der Waals surface area contributed by atoms with Gasteiger partial charge in [0.05, 0.1) is 12.8 Å². The highest BCUT2D eigenvalue weighted by Crippen LogP contribution is 2.34. The lowest BCUT2D eigenvalue weighted by Crippen LogP contribution is -2.32. The number of benzene rings is 2. The molecule has 1 aliphatic heterocycles. The Morgan fingerprint density at radius 3 is 2.65 bits per heavy atom. The standard InChI is InChI=1S/C18H16N2O5S/c1-25-14-4-2-3-12(9-14)20-17(23)15(26-18(20)24)10-16(22)19-11-5-7-13(21)8-6-11/h2-9,15,21H,10H2,1H3,(H,19,22). The molecule has 0 aliphatic carbocycles. The number of carbonyl (C=O) groups is 3. The molecular weight excluding hydrogens is 356 g/mol. The van der Waals surface area contributed by atoms with Crippen LogP contribution < -0.4 is 15.0 Å². The number of nitrogens with zero attached hydrogens (tertiary/aromatic N) is 1. The fourth-order valence-electron chi connectivity index (χ4n) is 2.50. The summed E-state index contributed by atoms with van der Waals surface area (Å²) in [6.07, 6.45) is -0.128. The van der Waals surface area contributed by atoms with E-state index < -0.39 is 16.4 Å². The Morgan fingerprint density at radius 2 is 1.96 bits per heavy atom. The van der Waals surface area contributed by atoms with Gasteiger partial charge in [0, 0.05) is 18.2 Å². The maximum Gasteiger partial charge on any atom is 0.293 e. The lowest BCUT2D eigenvalue weighted by atomic mass is 10.2. The quantitative estimate of drug-likeness (QED) is 0.784. The molecule has 134 valence electrons. The smallest absolute Gasteiger partial charge is 0.293 e. The van der Waals surface area contributed by atoms with Crippen LogP contribution in [-0.4, -0.2) is 34.5 Å². The van der Waals surface area contributed by atoms with Crippen LogP contribution in [0.15, 0.2) is 48.5 Å². The molecule has 1 fully saturated rings. The Labute approximate surface area is 153 Å². The number of phenolic OH excluding ortho intramolecular Hbond substituents is 1. The van der Waals surface area contributed by atoms with Crippen LogP contribution in [0.1, 0.15) is 6.42 Å². The maximum atomic E-state index is 12.6. The van der Waals surface area contributed by atoms with Crippen LogP contribution in [0, 0.1) is 0 Å². The fraction of sp³-hybridized carbons (Fsp3) is 0.167. The van der Waals surface area contributed by atoms with E-state index in [1.165, 1.54) is 19.2 Å². The number of anilines is 2. The number of aromatic hydroxyl groups is 1. The van der Waals surface area contributed by atoms with Crippen molar-refractivity contribution in [2.45, 2.75) is 11.7 Å². The molecule has 1 heterocycles. The molecule has 2 N–H and O–H groups in total. The van der Waals surface area contributed by atoms with Crippen molar-refractivity contribution in [3.8, 4) is 11.5 Å².